The van der Waals surface area contributed by atoms with Crippen LogP contribution in [0.4, 0.5) is 0 Å². The molecule has 0 aliphatic heterocycles. The number of rotatable bonds is 7. The van der Waals surface area contributed by atoms with Crippen LogP contribution >= 0.6 is 0 Å². The quantitative estimate of drug-likeness (QED) is 0.804. The zero-order valence-corrected chi connectivity index (χ0v) is 12.2. The van der Waals surface area contributed by atoms with Gasteiger partial charge in [0, 0.05) is 12.6 Å². The molecular weight excluding hydrogens is 222 g/mol. The molecular formula is C16H27NO. The zero-order valence-electron chi connectivity index (χ0n) is 12.2. The molecule has 0 aliphatic rings. The smallest absolute Gasteiger partial charge is 0.0728 e. The van der Waals surface area contributed by atoms with E-state index in [0.29, 0.717) is 0 Å². The molecule has 0 radical (unpaired) electrons. The van der Waals surface area contributed by atoms with Crippen molar-refractivity contribution in [1.82, 2.24) is 0 Å². The van der Waals surface area contributed by atoms with Crippen LogP contribution in [0.5, 0.6) is 0 Å². The summed E-state index contributed by atoms with van der Waals surface area (Å²) in [7, 11) is 0. The first-order valence-corrected chi connectivity index (χ1v) is 7.01. The molecule has 1 aromatic carbocycles. The van der Waals surface area contributed by atoms with E-state index < -0.39 is 0 Å². The first-order chi connectivity index (χ1) is 8.56. The van der Waals surface area contributed by atoms with Crippen LogP contribution in [0.1, 0.15) is 43.4 Å². The second kappa shape index (κ2) is 7.55. The Morgan fingerprint density at radius 2 is 1.72 bits per heavy atom. The van der Waals surface area contributed by atoms with Gasteiger partial charge in [-0.25, -0.2) is 0 Å². The van der Waals surface area contributed by atoms with Crippen molar-refractivity contribution >= 4 is 0 Å². The molecule has 0 fully saturated rings. The second-order valence-corrected chi connectivity index (χ2v) is 5.15. The number of ether oxygens (including phenoxy) is 1. The third-order valence-electron chi connectivity index (χ3n) is 3.18. The Hall–Kier alpha value is -0.860. The molecule has 0 aromatic heterocycles. The summed E-state index contributed by atoms with van der Waals surface area (Å²) in [5.74, 6) is 0. The summed E-state index contributed by atoms with van der Waals surface area (Å²) >= 11 is 0. The highest BCUT2D eigenvalue weighted by molar-refractivity contribution is 5.29. The maximum atomic E-state index is 6.30. The fourth-order valence-corrected chi connectivity index (χ4v) is 2.51. The van der Waals surface area contributed by atoms with Gasteiger partial charge in [0.2, 0.25) is 0 Å². The predicted octanol–water partition coefficient (Wildman–Crippen LogP) is 3.38. The van der Waals surface area contributed by atoms with Gasteiger partial charge in [0.1, 0.15) is 0 Å². The molecule has 1 rings (SSSR count). The Balaban J connectivity index is 2.68. The molecule has 2 nitrogen and oxygen atoms in total. The van der Waals surface area contributed by atoms with Gasteiger partial charge in [-0.05, 0) is 39.2 Å². The van der Waals surface area contributed by atoms with Crippen LogP contribution < -0.4 is 5.73 Å². The maximum Gasteiger partial charge on any atom is 0.0728 e. The van der Waals surface area contributed by atoms with Crippen molar-refractivity contribution in [3.63, 3.8) is 0 Å². The number of hydrogen-bond acceptors (Lipinski definition) is 2. The van der Waals surface area contributed by atoms with E-state index in [1.54, 1.807) is 0 Å². The number of aryl methyl sites for hydroxylation is 2. The summed E-state index contributed by atoms with van der Waals surface area (Å²) in [5, 5.41) is 0. The Morgan fingerprint density at radius 1 is 1.11 bits per heavy atom. The van der Waals surface area contributed by atoms with Crippen molar-refractivity contribution in [1.29, 1.82) is 0 Å². The summed E-state index contributed by atoms with van der Waals surface area (Å²) in [4.78, 5) is 0. The molecule has 102 valence electrons. The minimum atomic E-state index is 0.0890. The van der Waals surface area contributed by atoms with E-state index in [4.69, 9.17) is 10.5 Å². The molecule has 0 saturated heterocycles. The van der Waals surface area contributed by atoms with Crippen molar-refractivity contribution < 1.29 is 4.74 Å². The van der Waals surface area contributed by atoms with Gasteiger partial charge in [-0.15, -0.1) is 0 Å². The van der Waals surface area contributed by atoms with E-state index in [2.05, 4.69) is 39.0 Å². The second-order valence-electron chi connectivity index (χ2n) is 5.15. The summed E-state index contributed by atoms with van der Waals surface area (Å²) in [6.07, 6.45) is 3.24. The van der Waals surface area contributed by atoms with E-state index in [1.165, 1.54) is 16.7 Å². The van der Waals surface area contributed by atoms with Crippen LogP contribution in [-0.2, 0) is 11.2 Å². The fourth-order valence-electron chi connectivity index (χ4n) is 2.51. The molecule has 18 heavy (non-hydrogen) atoms. The first-order valence-electron chi connectivity index (χ1n) is 7.01. The zero-order chi connectivity index (χ0) is 13.5. The topological polar surface area (TPSA) is 35.2 Å². The molecule has 0 spiro atoms. The van der Waals surface area contributed by atoms with Gasteiger partial charge in [0.25, 0.3) is 0 Å². The average molecular weight is 249 g/mol. The first kappa shape index (κ1) is 15.2. The van der Waals surface area contributed by atoms with Crippen LogP contribution in [0.25, 0.3) is 0 Å². The monoisotopic (exact) mass is 249 g/mol. The predicted molar refractivity (Wildman–Crippen MR) is 77.9 cm³/mol. The number of benzene rings is 1. The molecule has 0 bridgehead atoms. The summed E-state index contributed by atoms with van der Waals surface area (Å²) in [6, 6.07) is 6.73. The van der Waals surface area contributed by atoms with E-state index in [9.17, 15) is 0 Å². The third-order valence-corrected chi connectivity index (χ3v) is 3.18. The molecule has 0 saturated carbocycles. The standard InChI is InChI=1S/C16H27NO/c1-5-7-16(18-6-2)15(17)11-14-9-12(3)8-13(4)10-14/h8-10,15-16H,5-7,11,17H2,1-4H3. The van der Waals surface area contributed by atoms with E-state index in [1.807, 2.05) is 6.92 Å². The Bertz CT molecular complexity index is 336. The summed E-state index contributed by atoms with van der Waals surface area (Å²) < 4.78 is 5.75. The van der Waals surface area contributed by atoms with Gasteiger partial charge in [-0.3, -0.25) is 0 Å². The van der Waals surface area contributed by atoms with E-state index >= 15 is 0 Å². The van der Waals surface area contributed by atoms with Gasteiger partial charge >= 0.3 is 0 Å². The van der Waals surface area contributed by atoms with Gasteiger partial charge in [0.15, 0.2) is 0 Å². The van der Waals surface area contributed by atoms with Crippen molar-refractivity contribution in [3.8, 4) is 0 Å². The van der Waals surface area contributed by atoms with Gasteiger partial charge < -0.3 is 10.5 Å². The maximum absolute atomic E-state index is 6.30. The third kappa shape index (κ3) is 4.79. The molecule has 1 aromatic rings. The van der Waals surface area contributed by atoms with Crippen LogP contribution in [0, 0.1) is 13.8 Å². The molecule has 2 unspecified atom stereocenters. The van der Waals surface area contributed by atoms with Gasteiger partial charge in [-0.2, -0.15) is 0 Å². The lowest BCUT2D eigenvalue weighted by Crippen LogP contribution is -2.38. The SMILES string of the molecule is CCCC(OCC)C(N)Cc1cc(C)cc(C)c1. The van der Waals surface area contributed by atoms with Crippen LogP contribution in [0.15, 0.2) is 18.2 Å². The van der Waals surface area contributed by atoms with Gasteiger partial charge in [0.05, 0.1) is 6.10 Å². The van der Waals surface area contributed by atoms with Crippen molar-refractivity contribution in [3.05, 3.63) is 34.9 Å². The van der Waals surface area contributed by atoms with Crippen LogP contribution in [-0.4, -0.2) is 18.8 Å². The van der Waals surface area contributed by atoms with Crippen LogP contribution in [0.3, 0.4) is 0 Å². The molecule has 0 heterocycles. The number of nitrogens with two attached hydrogens (primary N) is 1. The normalized spacial score (nSPS) is 14.5. The lowest BCUT2D eigenvalue weighted by molar-refractivity contribution is 0.0378. The molecule has 0 amide bonds. The lowest BCUT2D eigenvalue weighted by atomic mass is 9.97. The molecule has 2 atom stereocenters. The molecule has 0 aliphatic carbocycles. The van der Waals surface area contributed by atoms with Crippen molar-refractivity contribution in [2.24, 2.45) is 5.73 Å². The van der Waals surface area contributed by atoms with E-state index in [0.717, 1.165) is 25.9 Å². The highest BCUT2D eigenvalue weighted by Crippen LogP contribution is 2.14. The Kier molecular flexibility index (Phi) is 6.37. The highest BCUT2D eigenvalue weighted by Gasteiger charge is 2.17. The minimum Gasteiger partial charge on any atom is -0.377 e. The summed E-state index contributed by atoms with van der Waals surface area (Å²) in [5.41, 5.74) is 10.2. The Labute approximate surface area is 112 Å². The lowest BCUT2D eigenvalue weighted by Gasteiger charge is -2.23. The fraction of sp³-hybridized carbons (Fsp3) is 0.625. The molecule has 2 N–H and O–H groups in total. The Morgan fingerprint density at radius 3 is 2.22 bits per heavy atom. The van der Waals surface area contributed by atoms with Crippen LogP contribution in [0.2, 0.25) is 0 Å². The van der Waals surface area contributed by atoms with E-state index in [-0.39, 0.29) is 12.1 Å². The number of hydrogen-bond donors (Lipinski definition) is 1. The van der Waals surface area contributed by atoms with Crippen molar-refractivity contribution in [2.75, 3.05) is 6.61 Å². The van der Waals surface area contributed by atoms with Gasteiger partial charge in [-0.1, -0.05) is 42.7 Å². The van der Waals surface area contributed by atoms with Crippen molar-refractivity contribution in [2.45, 2.75) is 59.1 Å². The average Bonchev–Trinajstić information content (AvgIpc) is 2.27. The largest absolute Gasteiger partial charge is 0.377 e. The highest BCUT2D eigenvalue weighted by atomic mass is 16.5. The summed E-state index contributed by atoms with van der Waals surface area (Å²) in [6.45, 7) is 9.22. The molecule has 2 heteroatoms. The minimum absolute atomic E-state index is 0.0890.